The second kappa shape index (κ2) is 33.5. The van der Waals surface area contributed by atoms with E-state index in [1.165, 1.54) is 71.1 Å². The molecule has 0 aliphatic heterocycles. The Hall–Kier alpha value is -15.1. The highest BCUT2D eigenvalue weighted by atomic mass is 14.9. The topological polar surface area (TPSA) is 142 Å². The number of pyridine rings is 5. The van der Waals surface area contributed by atoms with Crippen LogP contribution in [-0.4, -0.2) is 54.8 Å². The molecule has 22 rings (SSSR count). The van der Waals surface area contributed by atoms with Crippen molar-refractivity contribution in [1.82, 2.24) is 54.8 Å². The van der Waals surface area contributed by atoms with E-state index in [1.807, 2.05) is 145 Å². The van der Waals surface area contributed by atoms with Gasteiger partial charge < -0.3 is 0 Å². The molecule has 11 heteroatoms. The van der Waals surface area contributed by atoms with Crippen molar-refractivity contribution in [2.45, 2.75) is 41.5 Å². The molecule has 0 saturated heterocycles. The minimum atomic E-state index is 0.789. The van der Waals surface area contributed by atoms with E-state index in [1.54, 1.807) is 0 Å². The van der Waals surface area contributed by atoms with Gasteiger partial charge in [-0.2, -0.15) is 0 Å². The molecule has 0 atom stereocenters. The normalized spacial score (nSPS) is 11.0. The zero-order valence-electron chi connectivity index (χ0n) is 65.1. The molecule has 22 aromatic rings. The fourth-order valence-electron chi connectivity index (χ4n) is 14.8. The third-order valence-electron chi connectivity index (χ3n) is 20.7. The summed E-state index contributed by atoms with van der Waals surface area (Å²) in [5, 5.41) is 16.4. The van der Waals surface area contributed by atoms with Gasteiger partial charge in [-0.15, -0.1) is 0 Å². The van der Waals surface area contributed by atoms with Crippen LogP contribution in [-0.2, 0) is 0 Å². The molecule has 0 saturated carbocycles. The number of rotatable bonds is 5. The second-order valence-electron chi connectivity index (χ2n) is 28.7. The van der Waals surface area contributed by atoms with Gasteiger partial charge in [-0.3, -0.25) is 19.9 Å². The van der Waals surface area contributed by atoms with Crippen LogP contribution in [0.1, 0.15) is 34.4 Å². The van der Waals surface area contributed by atoms with Crippen molar-refractivity contribution in [3.05, 3.63) is 405 Å². The Morgan fingerprint density at radius 2 is 0.603 bits per heavy atom. The summed E-state index contributed by atoms with van der Waals surface area (Å²) in [6.45, 7) is 11.9. The van der Waals surface area contributed by atoms with E-state index in [0.717, 1.165) is 139 Å². The molecule has 554 valence electrons. The molecule has 116 heavy (non-hydrogen) atoms. The molecule has 0 fully saturated rings. The molecule has 0 aliphatic carbocycles. The van der Waals surface area contributed by atoms with Gasteiger partial charge in [0, 0.05) is 106 Å². The first kappa shape index (κ1) is 73.7. The summed E-state index contributed by atoms with van der Waals surface area (Å²) in [5.74, 6) is 2.39. The molecule has 11 nitrogen and oxygen atoms in total. The summed E-state index contributed by atoms with van der Waals surface area (Å²) >= 11 is 0. The molecule has 0 spiro atoms. The number of aryl methyl sites for hydroxylation is 6. The van der Waals surface area contributed by atoms with Crippen molar-refractivity contribution in [3.8, 4) is 56.0 Å². The van der Waals surface area contributed by atoms with E-state index in [2.05, 4.69) is 312 Å². The Kier molecular flexibility index (Phi) is 21.3. The van der Waals surface area contributed by atoms with Crippen molar-refractivity contribution in [1.29, 1.82) is 0 Å². The maximum absolute atomic E-state index is 4.85. The third kappa shape index (κ3) is 16.2. The minimum Gasteiger partial charge on any atom is -0.254 e. The number of fused-ring (bicyclic) bond motifs is 15. The van der Waals surface area contributed by atoms with Crippen LogP contribution in [0.3, 0.4) is 0 Å². The maximum Gasteiger partial charge on any atom is 0.160 e. The van der Waals surface area contributed by atoms with E-state index < -0.39 is 0 Å². The third-order valence-corrected chi connectivity index (χ3v) is 20.7. The van der Waals surface area contributed by atoms with Gasteiger partial charge in [0.15, 0.2) is 5.82 Å². The van der Waals surface area contributed by atoms with Gasteiger partial charge in [-0.05, 0) is 145 Å². The van der Waals surface area contributed by atoms with E-state index in [4.69, 9.17) is 9.97 Å². The summed E-state index contributed by atoms with van der Waals surface area (Å²) in [5.41, 5.74) is 22.5. The standard InChI is InChI=1S/C21H16N2.3C19H14N2.C14H11N.C13H10N2/c1-15-22-14-20-19(8-5-9-21(20)23-15)18-12-10-17(11-13-18)16-6-3-2-4-7-16;1-13-20-12-18-17(7-4-8-19(18)21-13)16-10-9-14-5-2-3-6-15(14)11-16;1-13-16-12-11-14-7-5-6-10-17(14)18(16)21-19(20-13)15-8-3-2-4-9-15;1-13-7-8-15-9-10-16-11-12-17(14-5-3-2-4-6-14)21-19(16)18(15)20-13;1-10-6-7-12-9-8-11-4-2-3-5-13(11)14(12)15-10;1-9-4-5-11-7-6-10-3-2-8-14-12(10)13(11)15-9/h2-14H,1H3;3*2-12H,1H3;2-9H,1H3;2-8H,1H3. The molecule has 14 aromatic carbocycles. The zero-order chi connectivity index (χ0) is 78.9. The van der Waals surface area contributed by atoms with Gasteiger partial charge in [0.2, 0.25) is 0 Å². The van der Waals surface area contributed by atoms with Crippen molar-refractivity contribution in [2.75, 3.05) is 0 Å². The quantitative estimate of drug-likeness (QED) is 0.152. The van der Waals surface area contributed by atoms with Gasteiger partial charge in [0.25, 0.3) is 0 Å². The van der Waals surface area contributed by atoms with E-state index >= 15 is 0 Å². The van der Waals surface area contributed by atoms with Gasteiger partial charge in [0.1, 0.15) is 11.6 Å². The Morgan fingerprint density at radius 1 is 0.198 bits per heavy atom. The highest BCUT2D eigenvalue weighted by Crippen LogP contribution is 2.35. The predicted molar refractivity (Wildman–Crippen MR) is 483 cm³/mol. The Bertz CT molecular complexity index is 7230. The van der Waals surface area contributed by atoms with Crippen LogP contribution in [0.2, 0.25) is 0 Å². The number of hydrogen-bond donors (Lipinski definition) is 0. The first-order valence-corrected chi connectivity index (χ1v) is 38.9. The van der Waals surface area contributed by atoms with Crippen LogP contribution in [0.25, 0.3) is 176 Å². The predicted octanol–water partition coefficient (Wildman–Crippen LogP) is 26.3. The monoisotopic (exact) mass is 1490 g/mol. The average molecular weight is 1490 g/mol. The Labute approximate surface area is 672 Å². The molecular formula is C105H79N11. The second-order valence-corrected chi connectivity index (χ2v) is 28.7. The fraction of sp³-hybridized carbons (Fsp3) is 0.0571. The molecule has 8 heterocycles. The molecular weight excluding hydrogens is 1420 g/mol. The van der Waals surface area contributed by atoms with E-state index in [-0.39, 0.29) is 0 Å². The Balaban J connectivity index is 0.000000101. The van der Waals surface area contributed by atoms with Gasteiger partial charge >= 0.3 is 0 Å². The van der Waals surface area contributed by atoms with E-state index in [9.17, 15) is 0 Å². The van der Waals surface area contributed by atoms with Crippen molar-refractivity contribution in [2.24, 2.45) is 0 Å². The summed E-state index contributed by atoms with van der Waals surface area (Å²) in [4.78, 5) is 50.3. The summed E-state index contributed by atoms with van der Waals surface area (Å²) in [6, 6.07) is 121. The molecule has 0 N–H and O–H groups in total. The Morgan fingerprint density at radius 3 is 1.20 bits per heavy atom. The fourth-order valence-corrected chi connectivity index (χ4v) is 14.8. The van der Waals surface area contributed by atoms with Crippen LogP contribution in [0, 0.1) is 41.5 Å². The summed E-state index contributed by atoms with van der Waals surface area (Å²) < 4.78 is 0. The SMILES string of the molecule is Cc1ccc2ccc3ccc(-c4ccccc4)nc3c2n1.Cc1ccc2ccc3ccccc3c2n1.Cc1ccc2ccc3cccnc3c2n1.Cc1nc(-c2ccccc2)nc2c1ccc1ccccc12.Cc1ncc2c(-c3ccc(-c4ccccc4)cc3)cccc2n1.Cc1ncc2c(-c3ccc4ccccc4c3)cccc2n1. The van der Waals surface area contributed by atoms with Gasteiger partial charge in [0.05, 0.1) is 49.8 Å². The van der Waals surface area contributed by atoms with Crippen LogP contribution < -0.4 is 0 Å². The smallest absolute Gasteiger partial charge is 0.160 e. The van der Waals surface area contributed by atoms with Crippen molar-refractivity contribution in [3.63, 3.8) is 0 Å². The molecule has 0 amide bonds. The molecule has 0 aliphatic rings. The molecule has 0 bridgehead atoms. The average Bonchev–Trinajstić information content (AvgIpc) is 0.745. The minimum absolute atomic E-state index is 0.789. The zero-order valence-corrected chi connectivity index (χ0v) is 65.1. The van der Waals surface area contributed by atoms with Gasteiger partial charge in [-0.1, -0.05) is 303 Å². The van der Waals surface area contributed by atoms with Gasteiger partial charge in [-0.25, -0.2) is 34.9 Å². The summed E-state index contributed by atoms with van der Waals surface area (Å²) in [6.07, 6.45) is 5.64. The van der Waals surface area contributed by atoms with Crippen molar-refractivity contribution >= 4 is 120 Å². The lowest BCUT2D eigenvalue weighted by Gasteiger charge is -2.08. The van der Waals surface area contributed by atoms with Crippen LogP contribution in [0.4, 0.5) is 0 Å². The highest BCUT2D eigenvalue weighted by molar-refractivity contribution is 6.08. The molecule has 8 aromatic heterocycles. The molecule has 0 unspecified atom stereocenters. The lowest BCUT2D eigenvalue weighted by Crippen LogP contribution is -1.94. The van der Waals surface area contributed by atoms with Crippen LogP contribution >= 0.6 is 0 Å². The molecule has 0 radical (unpaired) electrons. The number of nitrogens with zero attached hydrogens (tertiary/aromatic N) is 11. The number of aromatic nitrogens is 11. The lowest BCUT2D eigenvalue weighted by molar-refractivity contribution is 1.09. The van der Waals surface area contributed by atoms with Crippen LogP contribution in [0.15, 0.2) is 370 Å². The first-order valence-electron chi connectivity index (χ1n) is 38.9. The highest BCUT2D eigenvalue weighted by Gasteiger charge is 2.14. The summed E-state index contributed by atoms with van der Waals surface area (Å²) in [7, 11) is 0. The number of benzene rings is 14. The lowest BCUT2D eigenvalue weighted by atomic mass is 9.98. The maximum atomic E-state index is 4.85. The van der Waals surface area contributed by atoms with E-state index in [0.29, 0.717) is 0 Å². The van der Waals surface area contributed by atoms with Crippen molar-refractivity contribution < 1.29 is 0 Å². The number of hydrogen-bond acceptors (Lipinski definition) is 11. The van der Waals surface area contributed by atoms with Crippen LogP contribution in [0.5, 0.6) is 0 Å². The largest absolute Gasteiger partial charge is 0.254 e. The first-order chi connectivity index (χ1) is 56.9.